The van der Waals surface area contributed by atoms with E-state index in [-0.39, 0.29) is 23.7 Å². The number of carboxylic acid groups (broad SMARTS) is 2. The van der Waals surface area contributed by atoms with E-state index in [0.29, 0.717) is 50.3 Å². The number of hydrogen-bond acceptors (Lipinski definition) is 7. The molecule has 0 aliphatic carbocycles. The molecule has 0 spiro atoms. The molecule has 2 saturated heterocycles. The number of likely N-dealkylation sites (tertiary alicyclic amines) is 2. The summed E-state index contributed by atoms with van der Waals surface area (Å²) < 4.78 is 4.78. The zero-order chi connectivity index (χ0) is 21.6. The molecule has 0 bridgehead atoms. The van der Waals surface area contributed by atoms with E-state index in [1.807, 2.05) is 0 Å². The summed E-state index contributed by atoms with van der Waals surface area (Å²) in [6.07, 6.45) is 0.346. The van der Waals surface area contributed by atoms with Gasteiger partial charge < -0.3 is 24.7 Å². The van der Waals surface area contributed by atoms with Crippen molar-refractivity contribution in [2.75, 3.05) is 24.6 Å². The lowest BCUT2D eigenvalue weighted by atomic mass is 10.1. The molecule has 0 aromatic rings. The van der Waals surface area contributed by atoms with E-state index in [1.54, 1.807) is 13.8 Å². The molecule has 0 unspecified atom stereocenters. The van der Waals surface area contributed by atoms with E-state index in [2.05, 4.69) is 0 Å². The van der Waals surface area contributed by atoms with Gasteiger partial charge in [0.05, 0.1) is 0 Å². The molecule has 2 heterocycles. The number of rotatable bonds is 9. The zero-order valence-electron chi connectivity index (χ0n) is 16.6. The number of ether oxygens (including phenoxy) is 1. The minimum absolute atomic E-state index is 0.132. The van der Waals surface area contributed by atoms with Crippen LogP contribution in [0.3, 0.4) is 0 Å². The first-order valence-corrected chi connectivity index (χ1v) is 12.2. The second kappa shape index (κ2) is 11.0. The lowest BCUT2D eigenvalue weighted by Gasteiger charge is -2.26. The van der Waals surface area contributed by atoms with Gasteiger partial charge in [0.15, 0.2) is 6.23 Å². The van der Waals surface area contributed by atoms with Gasteiger partial charge in [0.2, 0.25) is 11.8 Å². The van der Waals surface area contributed by atoms with Crippen molar-refractivity contribution in [3.05, 3.63) is 0 Å². The maximum Gasteiger partial charge on any atom is 0.507 e. The Balaban J connectivity index is 1.72. The topological polar surface area (TPSA) is 124 Å². The molecule has 2 aliphatic heterocycles. The summed E-state index contributed by atoms with van der Waals surface area (Å²) in [5, 5.41) is 18.0. The van der Waals surface area contributed by atoms with Crippen LogP contribution in [0, 0.1) is 11.8 Å². The van der Waals surface area contributed by atoms with Crippen molar-refractivity contribution < 1.29 is 34.1 Å². The normalized spacial score (nSPS) is 23.7. The van der Waals surface area contributed by atoms with E-state index in [0.717, 1.165) is 0 Å². The van der Waals surface area contributed by atoms with Crippen LogP contribution in [-0.2, 0) is 19.1 Å². The molecule has 2 fully saturated rings. The largest absolute Gasteiger partial charge is 0.507 e. The van der Waals surface area contributed by atoms with Crippen LogP contribution in [0.1, 0.15) is 39.5 Å². The van der Waals surface area contributed by atoms with Gasteiger partial charge in [-0.2, -0.15) is 0 Å². The van der Waals surface area contributed by atoms with Crippen molar-refractivity contribution in [2.45, 2.75) is 51.8 Å². The van der Waals surface area contributed by atoms with Crippen molar-refractivity contribution in [1.29, 1.82) is 0 Å². The minimum atomic E-state index is -1.38. The molecule has 2 aliphatic rings. The maximum atomic E-state index is 12.6. The highest BCUT2D eigenvalue weighted by atomic mass is 33.1. The van der Waals surface area contributed by atoms with Crippen LogP contribution in [0.15, 0.2) is 0 Å². The van der Waals surface area contributed by atoms with Crippen LogP contribution < -0.4 is 0 Å². The third kappa shape index (κ3) is 6.43. The van der Waals surface area contributed by atoms with Crippen LogP contribution >= 0.6 is 21.6 Å². The number of carboxylic acids is 1. The van der Waals surface area contributed by atoms with Crippen LogP contribution in [0.4, 0.5) is 4.79 Å². The summed E-state index contributed by atoms with van der Waals surface area (Å²) in [6, 6.07) is -0.721. The Morgan fingerprint density at radius 1 is 0.931 bits per heavy atom. The third-order valence-electron chi connectivity index (χ3n) is 5.10. The van der Waals surface area contributed by atoms with Crippen LogP contribution in [0.2, 0.25) is 0 Å². The Kier molecular flexibility index (Phi) is 8.94. The molecular weight excluding hydrogens is 420 g/mol. The molecule has 2 amide bonds. The standard InChI is InChI=1S/C18H28N2O7S2/c1-11(15(21)19-7-3-5-13(19)17(23)24)9-28-29-10-12(2)16(22)20-8-4-6-14(20)27-18(25)26/h11-14H,3-10H2,1-2H3,(H,23,24)(H,25,26)/t11-,12-,13-,14-/m1/s1. The summed E-state index contributed by atoms with van der Waals surface area (Å²) in [7, 11) is 2.97. The van der Waals surface area contributed by atoms with E-state index in [9.17, 15) is 24.3 Å². The van der Waals surface area contributed by atoms with Crippen molar-refractivity contribution >= 4 is 45.5 Å². The first-order valence-electron chi connectivity index (χ1n) is 9.70. The smallest absolute Gasteiger partial charge is 0.480 e. The number of amides is 2. The SMILES string of the molecule is C[C@H](CSSC[C@@H](C)C(=O)N1CCC[C@H]1OC(=O)O)C(=O)N1CCC[C@@H]1C(=O)O. The molecule has 0 aromatic heterocycles. The first kappa shape index (κ1) is 23.7. The van der Waals surface area contributed by atoms with Crippen LogP contribution in [0.25, 0.3) is 0 Å². The Morgan fingerprint density at radius 3 is 2.00 bits per heavy atom. The summed E-state index contributed by atoms with van der Waals surface area (Å²) in [5.74, 6) is -0.768. The molecule has 29 heavy (non-hydrogen) atoms. The summed E-state index contributed by atoms with van der Waals surface area (Å²) in [5.41, 5.74) is 0. The highest BCUT2D eigenvalue weighted by Gasteiger charge is 2.36. The molecule has 164 valence electrons. The van der Waals surface area contributed by atoms with E-state index in [1.165, 1.54) is 31.4 Å². The molecule has 0 radical (unpaired) electrons. The fourth-order valence-corrected chi connectivity index (χ4v) is 6.21. The van der Waals surface area contributed by atoms with Crippen molar-refractivity contribution in [3.8, 4) is 0 Å². The average molecular weight is 449 g/mol. The second-order valence-corrected chi connectivity index (χ2v) is 9.96. The monoisotopic (exact) mass is 448 g/mol. The average Bonchev–Trinajstić information content (AvgIpc) is 3.32. The molecule has 4 atom stereocenters. The van der Waals surface area contributed by atoms with E-state index >= 15 is 0 Å². The number of carbonyl (C=O) groups is 4. The molecule has 0 saturated carbocycles. The Labute approximate surface area is 177 Å². The van der Waals surface area contributed by atoms with Gasteiger partial charge in [-0.05, 0) is 19.3 Å². The lowest BCUT2D eigenvalue weighted by molar-refractivity contribution is -0.149. The quantitative estimate of drug-likeness (QED) is 0.311. The molecular formula is C18H28N2O7S2. The predicted molar refractivity (Wildman–Crippen MR) is 109 cm³/mol. The van der Waals surface area contributed by atoms with Crippen molar-refractivity contribution in [3.63, 3.8) is 0 Å². The van der Waals surface area contributed by atoms with Crippen LogP contribution in [0.5, 0.6) is 0 Å². The fraction of sp³-hybridized carbons (Fsp3) is 0.778. The molecule has 2 rings (SSSR count). The number of nitrogens with zero attached hydrogens (tertiary/aromatic N) is 2. The van der Waals surface area contributed by atoms with Crippen molar-refractivity contribution in [1.82, 2.24) is 9.80 Å². The van der Waals surface area contributed by atoms with Crippen molar-refractivity contribution in [2.24, 2.45) is 11.8 Å². The second-order valence-electron chi connectivity index (χ2n) is 7.41. The van der Waals surface area contributed by atoms with Gasteiger partial charge in [0, 0.05) is 42.9 Å². The number of aliphatic carboxylic acids is 1. The zero-order valence-corrected chi connectivity index (χ0v) is 18.2. The highest BCUT2D eigenvalue weighted by Crippen LogP contribution is 2.30. The van der Waals surface area contributed by atoms with Gasteiger partial charge in [0.25, 0.3) is 0 Å². The van der Waals surface area contributed by atoms with E-state index < -0.39 is 24.4 Å². The van der Waals surface area contributed by atoms with Crippen LogP contribution in [-0.4, -0.2) is 80.8 Å². The molecule has 0 aromatic carbocycles. The number of carbonyl (C=O) groups excluding carboxylic acids is 2. The van der Waals surface area contributed by atoms with E-state index in [4.69, 9.17) is 9.84 Å². The van der Waals surface area contributed by atoms with Gasteiger partial charge in [-0.1, -0.05) is 35.4 Å². The molecule has 2 N–H and O–H groups in total. The molecule has 11 heteroatoms. The van der Waals surface area contributed by atoms with Gasteiger partial charge in [0.1, 0.15) is 6.04 Å². The first-order chi connectivity index (χ1) is 13.7. The minimum Gasteiger partial charge on any atom is -0.480 e. The predicted octanol–water partition coefficient (Wildman–Crippen LogP) is 2.36. The molecule has 9 nitrogen and oxygen atoms in total. The van der Waals surface area contributed by atoms with Gasteiger partial charge >= 0.3 is 12.1 Å². The number of hydrogen-bond donors (Lipinski definition) is 2. The maximum absolute atomic E-state index is 12.6. The Bertz CT molecular complexity index is 633. The van der Waals surface area contributed by atoms with Gasteiger partial charge in [-0.3, -0.25) is 9.59 Å². The van der Waals surface area contributed by atoms with Gasteiger partial charge in [-0.15, -0.1) is 0 Å². The Morgan fingerprint density at radius 2 is 1.45 bits per heavy atom. The highest BCUT2D eigenvalue weighted by molar-refractivity contribution is 8.76. The lowest BCUT2D eigenvalue weighted by Crippen LogP contribution is -2.43. The Hall–Kier alpha value is -1.62. The summed E-state index contributed by atoms with van der Waals surface area (Å²) in [6.45, 7) is 4.56. The summed E-state index contributed by atoms with van der Waals surface area (Å²) in [4.78, 5) is 50.0. The van der Waals surface area contributed by atoms with Gasteiger partial charge in [-0.25, -0.2) is 9.59 Å². The summed E-state index contributed by atoms with van der Waals surface area (Å²) >= 11 is 0. The third-order valence-corrected chi connectivity index (χ3v) is 7.86. The fourth-order valence-electron chi connectivity index (χ4n) is 3.52.